The van der Waals surface area contributed by atoms with E-state index in [1.807, 2.05) is 12.1 Å². The molecule has 6 N–H and O–H groups in total. The van der Waals surface area contributed by atoms with Gasteiger partial charge in [0.2, 0.25) is 5.95 Å². The number of anilines is 2. The topological polar surface area (TPSA) is 119 Å². The largest absolute Gasteiger partial charge is 0.370 e. The summed E-state index contributed by atoms with van der Waals surface area (Å²) in [5.74, 6) is 1.50. The summed E-state index contributed by atoms with van der Waals surface area (Å²) < 4.78 is 0. The van der Waals surface area contributed by atoms with Crippen LogP contribution in [0.15, 0.2) is 18.3 Å². The van der Waals surface area contributed by atoms with Crippen LogP contribution in [0.3, 0.4) is 0 Å². The van der Waals surface area contributed by atoms with Gasteiger partial charge in [-0.1, -0.05) is 0 Å². The highest BCUT2D eigenvalue weighted by molar-refractivity contribution is 5.42. The van der Waals surface area contributed by atoms with Crippen molar-refractivity contribution in [2.75, 3.05) is 17.6 Å². The normalized spacial score (nSPS) is 21.4. The third-order valence-electron chi connectivity index (χ3n) is 3.61. The minimum absolute atomic E-state index is 0.299. The molecule has 1 aliphatic carbocycles. The molecule has 0 bridgehead atoms. The first-order valence-electron chi connectivity index (χ1n) is 6.83. The zero-order valence-corrected chi connectivity index (χ0v) is 11.2. The van der Waals surface area contributed by atoms with Gasteiger partial charge in [0.05, 0.1) is 5.69 Å². The maximum absolute atomic E-state index is 5.82. The predicted molar refractivity (Wildman–Crippen MR) is 77.2 cm³/mol. The van der Waals surface area contributed by atoms with E-state index >= 15 is 0 Å². The van der Waals surface area contributed by atoms with Crippen LogP contribution in [0.25, 0.3) is 0 Å². The Labute approximate surface area is 117 Å². The highest BCUT2D eigenvalue weighted by Crippen LogP contribution is 2.35. The Balaban J connectivity index is 1.61. The fourth-order valence-corrected chi connectivity index (χ4v) is 2.44. The second-order valence-corrected chi connectivity index (χ2v) is 5.22. The Morgan fingerprint density at radius 2 is 2.20 bits per heavy atom. The SMILES string of the molecule is Nc1nc(NCCc2ccn[nH]2)cc(C2CC(N)C2)n1. The molecule has 0 aliphatic heterocycles. The summed E-state index contributed by atoms with van der Waals surface area (Å²) in [6, 6.07) is 4.23. The van der Waals surface area contributed by atoms with Crippen LogP contribution >= 0.6 is 0 Å². The number of H-pyrrole nitrogens is 1. The van der Waals surface area contributed by atoms with Gasteiger partial charge in [0, 0.05) is 42.9 Å². The van der Waals surface area contributed by atoms with E-state index in [9.17, 15) is 0 Å². The van der Waals surface area contributed by atoms with Crippen LogP contribution in [0.4, 0.5) is 11.8 Å². The quantitative estimate of drug-likeness (QED) is 0.635. The van der Waals surface area contributed by atoms with Crippen molar-refractivity contribution in [1.29, 1.82) is 0 Å². The van der Waals surface area contributed by atoms with E-state index in [1.165, 1.54) is 0 Å². The third-order valence-corrected chi connectivity index (χ3v) is 3.61. The molecule has 0 spiro atoms. The van der Waals surface area contributed by atoms with Crippen LogP contribution in [-0.2, 0) is 6.42 Å². The summed E-state index contributed by atoms with van der Waals surface area (Å²) in [4.78, 5) is 8.51. The zero-order valence-electron chi connectivity index (χ0n) is 11.2. The number of nitrogen functional groups attached to an aromatic ring is 1. The summed E-state index contributed by atoms with van der Waals surface area (Å²) in [5.41, 5.74) is 13.7. The average Bonchev–Trinajstić information content (AvgIpc) is 2.87. The van der Waals surface area contributed by atoms with E-state index in [4.69, 9.17) is 11.5 Å². The van der Waals surface area contributed by atoms with Gasteiger partial charge in [0.15, 0.2) is 0 Å². The number of hydrogen-bond donors (Lipinski definition) is 4. The van der Waals surface area contributed by atoms with Gasteiger partial charge in [-0.2, -0.15) is 10.1 Å². The molecule has 1 fully saturated rings. The van der Waals surface area contributed by atoms with Gasteiger partial charge >= 0.3 is 0 Å². The standard InChI is InChI=1S/C13H19N7/c14-9-5-8(6-9)11-7-12(19-13(15)18-11)16-3-1-10-2-4-17-20-10/h2,4,7-9H,1,3,5-6,14H2,(H,17,20)(H3,15,16,18,19). The fourth-order valence-electron chi connectivity index (χ4n) is 2.44. The Kier molecular flexibility index (Phi) is 3.51. The molecular formula is C13H19N7. The van der Waals surface area contributed by atoms with E-state index in [0.717, 1.165) is 43.0 Å². The monoisotopic (exact) mass is 273 g/mol. The molecule has 106 valence electrons. The highest BCUT2D eigenvalue weighted by atomic mass is 15.1. The smallest absolute Gasteiger partial charge is 0.222 e. The molecule has 0 radical (unpaired) electrons. The van der Waals surface area contributed by atoms with Gasteiger partial charge in [-0.15, -0.1) is 0 Å². The van der Waals surface area contributed by atoms with E-state index in [0.29, 0.717) is 17.9 Å². The maximum Gasteiger partial charge on any atom is 0.222 e. The Hall–Kier alpha value is -2.15. The summed E-state index contributed by atoms with van der Waals surface area (Å²) in [6.07, 6.45) is 4.55. The minimum atomic E-state index is 0.299. The van der Waals surface area contributed by atoms with E-state index in [2.05, 4.69) is 25.5 Å². The number of hydrogen-bond acceptors (Lipinski definition) is 6. The fraction of sp³-hybridized carbons (Fsp3) is 0.462. The van der Waals surface area contributed by atoms with E-state index in [1.54, 1.807) is 6.20 Å². The molecule has 1 saturated carbocycles. The molecule has 7 nitrogen and oxygen atoms in total. The van der Waals surface area contributed by atoms with Crippen molar-refractivity contribution in [3.63, 3.8) is 0 Å². The first-order chi connectivity index (χ1) is 9.70. The molecular weight excluding hydrogens is 254 g/mol. The van der Waals surface area contributed by atoms with Crippen LogP contribution in [0.2, 0.25) is 0 Å². The van der Waals surface area contributed by atoms with Crippen molar-refractivity contribution in [3.05, 3.63) is 29.7 Å². The lowest BCUT2D eigenvalue weighted by Gasteiger charge is -2.32. The summed E-state index contributed by atoms with van der Waals surface area (Å²) in [5, 5.41) is 10.1. The Morgan fingerprint density at radius 3 is 2.90 bits per heavy atom. The van der Waals surface area contributed by atoms with Crippen LogP contribution in [0, 0.1) is 0 Å². The van der Waals surface area contributed by atoms with Crippen molar-refractivity contribution < 1.29 is 0 Å². The first kappa shape index (κ1) is 12.9. The van der Waals surface area contributed by atoms with Crippen LogP contribution in [0.1, 0.15) is 30.1 Å². The minimum Gasteiger partial charge on any atom is -0.370 e. The third kappa shape index (κ3) is 2.88. The van der Waals surface area contributed by atoms with Crippen molar-refractivity contribution in [1.82, 2.24) is 20.2 Å². The van der Waals surface area contributed by atoms with Gasteiger partial charge in [0.25, 0.3) is 0 Å². The molecule has 2 heterocycles. The van der Waals surface area contributed by atoms with Crippen LogP contribution in [-0.4, -0.2) is 32.8 Å². The number of nitrogens with two attached hydrogens (primary N) is 2. The lowest BCUT2D eigenvalue weighted by molar-refractivity contribution is 0.345. The molecule has 0 amide bonds. The van der Waals surface area contributed by atoms with Gasteiger partial charge in [-0.3, -0.25) is 5.10 Å². The molecule has 0 unspecified atom stereocenters. The van der Waals surface area contributed by atoms with Crippen LogP contribution < -0.4 is 16.8 Å². The number of aromatic amines is 1. The van der Waals surface area contributed by atoms with E-state index in [-0.39, 0.29) is 0 Å². The summed E-state index contributed by atoms with van der Waals surface area (Å²) >= 11 is 0. The molecule has 0 atom stereocenters. The van der Waals surface area contributed by atoms with Gasteiger partial charge in [-0.05, 0) is 18.9 Å². The second kappa shape index (κ2) is 5.46. The molecule has 0 aromatic carbocycles. The molecule has 1 aliphatic rings. The summed E-state index contributed by atoms with van der Waals surface area (Å²) in [7, 11) is 0. The molecule has 20 heavy (non-hydrogen) atoms. The number of rotatable bonds is 5. The van der Waals surface area contributed by atoms with Crippen molar-refractivity contribution in [2.45, 2.75) is 31.2 Å². The van der Waals surface area contributed by atoms with Gasteiger partial charge < -0.3 is 16.8 Å². The first-order valence-corrected chi connectivity index (χ1v) is 6.83. The van der Waals surface area contributed by atoms with Crippen molar-refractivity contribution in [2.24, 2.45) is 5.73 Å². The lowest BCUT2D eigenvalue weighted by atomic mass is 9.78. The average molecular weight is 273 g/mol. The number of aromatic nitrogens is 4. The highest BCUT2D eigenvalue weighted by Gasteiger charge is 2.29. The van der Waals surface area contributed by atoms with Crippen LogP contribution in [0.5, 0.6) is 0 Å². The second-order valence-electron chi connectivity index (χ2n) is 5.22. The van der Waals surface area contributed by atoms with Gasteiger partial charge in [0.1, 0.15) is 5.82 Å². The zero-order chi connectivity index (χ0) is 13.9. The number of nitrogens with one attached hydrogen (secondary N) is 2. The molecule has 3 rings (SSSR count). The predicted octanol–water partition coefficient (Wildman–Crippen LogP) is 0.641. The molecule has 2 aromatic rings. The van der Waals surface area contributed by atoms with Crippen molar-refractivity contribution in [3.8, 4) is 0 Å². The maximum atomic E-state index is 5.82. The molecule has 2 aromatic heterocycles. The van der Waals surface area contributed by atoms with Crippen molar-refractivity contribution >= 4 is 11.8 Å². The van der Waals surface area contributed by atoms with E-state index < -0.39 is 0 Å². The van der Waals surface area contributed by atoms with Gasteiger partial charge in [-0.25, -0.2) is 4.98 Å². The Bertz CT molecular complexity index is 560. The number of nitrogens with zero attached hydrogens (tertiary/aromatic N) is 3. The summed E-state index contributed by atoms with van der Waals surface area (Å²) in [6.45, 7) is 0.766. The molecule has 7 heteroatoms. The lowest BCUT2D eigenvalue weighted by Crippen LogP contribution is -2.35. The Morgan fingerprint density at radius 1 is 1.35 bits per heavy atom. The molecule has 0 saturated heterocycles.